The number of nitrogens with one attached hydrogen (secondary N) is 1. The van der Waals surface area contributed by atoms with Crippen molar-refractivity contribution in [3.05, 3.63) is 59.7 Å². The van der Waals surface area contributed by atoms with Gasteiger partial charge in [-0.25, -0.2) is 0 Å². The van der Waals surface area contributed by atoms with Gasteiger partial charge in [-0.05, 0) is 42.7 Å². The molecule has 0 saturated carbocycles. The molecule has 0 atom stereocenters. The van der Waals surface area contributed by atoms with Crippen molar-refractivity contribution in [2.75, 3.05) is 52.6 Å². The Kier molecular flexibility index (Phi) is 7.55. The zero-order valence-electron chi connectivity index (χ0n) is 16.9. The van der Waals surface area contributed by atoms with Crippen molar-refractivity contribution in [2.45, 2.75) is 4.90 Å². The maximum absolute atomic E-state index is 12.8. The van der Waals surface area contributed by atoms with Crippen molar-refractivity contribution < 1.29 is 14.3 Å². The number of piperazine rings is 1. The third-order valence-corrected chi connectivity index (χ3v) is 5.86. The van der Waals surface area contributed by atoms with Crippen LogP contribution in [0.3, 0.4) is 0 Å². The molecule has 1 aliphatic heterocycles. The summed E-state index contributed by atoms with van der Waals surface area (Å²) in [6.45, 7) is 4.37. The van der Waals surface area contributed by atoms with Gasteiger partial charge >= 0.3 is 0 Å². The first-order valence-electron chi connectivity index (χ1n) is 9.69. The van der Waals surface area contributed by atoms with Gasteiger partial charge in [0.15, 0.2) is 0 Å². The zero-order chi connectivity index (χ0) is 20.6. The molecule has 1 N–H and O–H groups in total. The SMILES string of the molecule is COc1ccc(C(=O)NCCN2CCN(C(=O)c3ccccc3SC)CC2)cc1. The number of carbonyl (C=O) groups is 2. The van der Waals surface area contributed by atoms with Crippen LogP contribution >= 0.6 is 11.8 Å². The van der Waals surface area contributed by atoms with E-state index in [1.54, 1.807) is 43.1 Å². The molecule has 0 aromatic heterocycles. The second-order valence-corrected chi connectivity index (χ2v) is 7.67. The van der Waals surface area contributed by atoms with Crippen LogP contribution in [-0.2, 0) is 0 Å². The smallest absolute Gasteiger partial charge is 0.255 e. The van der Waals surface area contributed by atoms with Crippen molar-refractivity contribution in [3.63, 3.8) is 0 Å². The van der Waals surface area contributed by atoms with Gasteiger partial charge in [0.05, 0.1) is 12.7 Å². The molecule has 0 bridgehead atoms. The minimum atomic E-state index is -0.0878. The van der Waals surface area contributed by atoms with E-state index in [0.29, 0.717) is 25.2 Å². The summed E-state index contributed by atoms with van der Waals surface area (Å²) in [6, 6.07) is 14.8. The summed E-state index contributed by atoms with van der Waals surface area (Å²) < 4.78 is 5.11. The van der Waals surface area contributed by atoms with Gasteiger partial charge in [0.2, 0.25) is 0 Å². The molecule has 3 rings (SSSR count). The third kappa shape index (κ3) is 5.52. The Morgan fingerprint density at radius 3 is 2.38 bits per heavy atom. The summed E-state index contributed by atoms with van der Waals surface area (Å²) in [4.78, 5) is 30.2. The molecule has 6 nitrogen and oxygen atoms in total. The first kappa shape index (κ1) is 21.2. The van der Waals surface area contributed by atoms with E-state index in [2.05, 4.69) is 10.2 Å². The Bertz CT molecular complexity index is 833. The maximum atomic E-state index is 12.8. The number of hydrogen-bond donors (Lipinski definition) is 1. The van der Waals surface area contributed by atoms with Crippen molar-refractivity contribution in [1.82, 2.24) is 15.1 Å². The van der Waals surface area contributed by atoms with Crippen LogP contribution in [0, 0.1) is 0 Å². The largest absolute Gasteiger partial charge is 0.497 e. The number of ether oxygens (including phenoxy) is 1. The minimum absolute atomic E-state index is 0.0878. The molecule has 0 radical (unpaired) electrons. The van der Waals surface area contributed by atoms with Crippen molar-refractivity contribution in [1.29, 1.82) is 0 Å². The van der Waals surface area contributed by atoms with Gasteiger partial charge in [-0.1, -0.05) is 12.1 Å². The Morgan fingerprint density at radius 1 is 1.03 bits per heavy atom. The Hall–Kier alpha value is -2.51. The number of methoxy groups -OCH3 is 1. The van der Waals surface area contributed by atoms with Crippen molar-refractivity contribution in [2.24, 2.45) is 0 Å². The van der Waals surface area contributed by atoms with Gasteiger partial charge in [-0.3, -0.25) is 14.5 Å². The fourth-order valence-electron chi connectivity index (χ4n) is 3.34. The molecule has 1 fully saturated rings. The molecule has 2 aromatic rings. The number of amides is 2. The molecule has 1 saturated heterocycles. The third-order valence-electron chi connectivity index (χ3n) is 5.06. The van der Waals surface area contributed by atoms with Gasteiger partial charge in [0, 0.05) is 49.7 Å². The highest BCUT2D eigenvalue weighted by Gasteiger charge is 2.23. The molecule has 1 heterocycles. The first-order valence-corrected chi connectivity index (χ1v) is 10.9. The Morgan fingerprint density at radius 2 is 1.72 bits per heavy atom. The quantitative estimate of drug-likeness (QED) is 0.707. The van der Waals surface area contributed by atoms with Crippen LogP contribution in [0.4, 0.5) is 0 Å². The number of rotatable bonds is 7. The van der Waals surface area contributed by atoms with E-state index in [-0.39, 0.29) is 11.8 Å². The number of hydrogen-bond acceptors (Lipinski definition) is 5. The summed E-state index contributed by atoms with van der Waals surface area (Å²) in [5, 5.41) is 2.95. The van der Waals surface area contributed by atoms with Crippen LogP contribution in [0.2, 0.25) is 0 Å². The van der Waals surface area contributed by atoms with E-state index < -0.39 is 0 Å². The van der Waals surface area contributed by atoms with Gasteiger partial charge in [-0.15, -0.1) is 11.8 Å². The second-order valence-electron chi connectivity index (χ2n) is 6.82. The van der Waals surface area contributed by atoms with Crippen molar-refractivity contribution >= 4 is 23.6 Å². The highest BCUT2D eigenvalue weighted by atomic mass is 32.2. The van der Waals surface area contributed by atoms with Crippen LogP contribution in [0.25, 0.3) is 0 Å². The summed E-state index contributed by atoms with van der Waals surface area (Å²) in [7, 11) is 1.60. The lowest BCUT2D eigenvalue weighted by molar-refractivity contribution is 0.0634. The average molecular weight is 414 g/mol. The van der Waals surface area contributed by atoms with Crippen LogP contribution < -0.4 is 10.1 Å². The fraction of sp³-hybridized carbons (Fsp3) is 0.364. The molecule has 0 unspecified atom stereocenters. The topological polar surface area (TPSA) is 61.9 Å². The molecule has 0 aliphatic carbocycles. The summed E-state index contributed by atoms with van der Waals surface area (Å²) >= 11 is 1.60. The zero-order valence-corrected chi connectivity index (χ0v) is 17.7. The predicted molar refractivity (Wildman–Crippen MR) is 116 cm³/mol. The second kappa shape index (κ2) is 10.3. The lowest BCUT2D eigenvalue weighted by Gasteiger charge is -2.35. The van der Waals surface area contributed by atoms with E-state index in [1.807, 2.05) is 35.4 Å². The van der Waals surface area contributed by atoms with Gasteiger partial charge < -0.3 is 15.0 Å². The summed E-state index contributed by atoms with van der Waals surface area (Å²) in [5.74, 6) is 0.742. The highest BCUT2D eigenvalue weighted by Crippen LogP contribution is 2.22. The van der Waals surface area contributed by atoms with Gasteiger partial charge in [-0.2, -0.15) is 0 Å². The highest BCUT2D eigenvalue weighted by molar-refractivity contribution is 7.98. The van der Waals surface area contributed by atoms with Crippen LogP contribution in [0.15, 0.2) is 53.4 Å². The molecule has 2 aromatic carbocycles. The average Bonchev–Trinajstić information content (AvgIpc) is 2.79. The monoisotopic (exact) mass is 413 g/mol. The summed E-state index contributed by atoms with van der Waals surface area (Å²) in [5.41, 5.74) is 1.40. The Balaban J connectivity index is 1.42. The fourth-order valence-corrected chi connectivity index (χ4v) is 3.93. The number of nitrogens with zero attached hydrogens (tertiary/aromatic N) is 2. The van der Waals surface area contributed by atoms with Crippen LogP contribution in [-0.4, -0.2) is 74.2 Å². The van der Waals surface area contributed by atoms with Gasteiger partial charge in [0.25, 0.3) is 11.8 Å². The van der Waals surface area contributed by atoms with E-state index >= 15 is 0 Å². The molecular formula is C22H27N3O3S. The van der Waals surface area contributed by atoms with E-state index in [4.69, 9.17) is 4.74 Å². The standard InChI is InChI=1S/C22H27N3O3S/c1-28-18-9-7-17(8-10-18)21(26)23-11-12-24-13-15-25(16-14-24)22(27)19-5-3-4-6-20(19)29-2/h3-10H,11-16H2,1-2H3,(H,23,26). The lowest BCUT2D eigenvalue weighted by atomic mass is 10.2. The lowest BCUT2D eigenvalue weighted by Crippen LogP contribution is -2.50. The molecule has 29 heavy (non-hydrogen) atoms. The molecule has 7 heteroatoms. The number of thioether (sulfide) groups is 1. The minimum Gasteiger partial charge on any atom is -0.497 e. The first-order chi connectivity index (χ1) is 14.1. The predicted octanol–water partition coefficient (Wildman–Crippen LogP) is 2.60. The maximum Gasteiger partial charge on any atom is 0.255 e. The normalized spacial score (nSPS) is 14.5. The van der Waals surface area contributed by atoms with E-state index in [0.717, 1.165) is 35.8 Å². The van der Waals surface area contributed by atoms with E-state index in [1.165, 1.54) is 0 Å². The molecule has 1 aliphatic rings. The summed E-state index contributed by atoms with van der Waals surface area (Å²) in [6.07, 6.45) is 1.99. The molecular weight excluding hydrogens is 386 g/mol. The molecule has 154 valence electrons. The van der Waals surface area contributed by atoms with Crippen molar-refractivity contribution in [3.8, 4) is 5.75 Å². The number of benzene rings is 2. The van der Waals surface area contributed by atoms with Gasteiger partial charge in [0.1, 0.15) is 5.75 Å². The van der Waals surface area contributed by atoms with E-state index in [9.17, 15) is 9.59 Å². The Labute approximate surface area is 176 Å². The molecule has 2 amide bonds. The van der Waals surface area contributed by atoms with Crippen LogP contribution in [0.5, 0.6) is 5.75 Å². The molecule has 0 spiro atoms. The van der Waals surface area contributed by atoms with Crippen LogP contribution in [0.1, 0.15) is 20.7 Å². The number of carbonyl (C=O) groups excluding carboxylic acids is 2.